The Hall–Kier alpha value is -2.87. The summed E-state index contributed by atoms with van der Waals surface area (Å²) in [5.74, 6) is -0.0945. The number of nitrogens with zero attached hydrogens (tertiary/aromatic N) is 2. The SMILES string of the molecule is O=C1OC2(CCN(S(=O)(=O)Cc3cccc(Cl)c3)CC2)CN1Cc1ccccc1-c1ccccc1. The lowest BCUT2D eigenvalue weighted by Crippen LogP contribution is -2.48. The van der Waals surface area contributed by atoms with Crippen LogP contribution in [0.4, 0.5) is 4.79 Å². The second kappa shape index (κ2) is 9.64. The van der Waals surface area contributed by atoms with Crippen LogP contribution in [0.3, 0.4) is 0 Å². The number of benzene rings is 3. The number of ether oxygens (including phenoxy) is 1. The monoisotopic (exact) mass is 510 g/mol. The van der Waals surface area contributed by atoms with E-state index in [2.05, 4.69) is 18.2 Å². The number of rotatable bonds is 6. The minimum absolute atomic E-state index is 0.0945. The molecule has 1 spiro atoms. The van der Waals surface area contributed by atoms with Gasteiger partial charge in [-0.25, -0.2) is 17.5 Å². The minimum atomic E-state index is -3.49. The maximum absolute atomic E-state index is 13.0. The summed E-state index contributed by atoms with van der Waals surface area (Å²) in [7, 11) is -3.49. The standard InChI is InChI=1S/C27H27ClN2O4S/c28-24-11-6-7-21(17-24)19-35(32,33)30-15-13-27(14-16-30)20-29(26(31)34-27)18-23-10-4-5-12-25(23)22-8-2-1-3-9-22/h1-12,17H,13-16,18-20H2. The summed E-state index contributed by atoms with van der Waals surface area (Å²) >= 11 is 6.01. The van der Waals surface area contributed by atoms with Gasteiger partial charge in [0, 0.05) is 37.5 Å². The van der Waals surface area contributed by atoms with Crippen LogP contribution in [0.25, 0.3) is 11.1 Å². The van der Waals surface area contributed by atoms with Crippen LogP contribution in [-0.4, -0.2) is 49.0 Å². The quantitative estimate of drug-likeness (QED) is 0.450. The third kappa shape index (κ3) is 5.22. The van der Waals surface area contributed by atoms with Gasteiger partial charge in [0.25, 0.3) is 0 Å². The second-order valence-electron chi connectivity index (χ2n) is 9.22. The average Bonchev–Trinajstić information content (AvgIpc) is 3.14. The van der Waals surface area contributed by atoms with Gasteiger partial charge in [-0.2, -0.15) is 0 Å². The average molecular weight is 511 g/mol. The van der Waals surface area contributed by atoms with E-state index in [0.717, 1.165) is 16.7 Å². The molecule has 3 aromatic carbocycles. The van der Waals surface area contributed by atoms with Crippen molar-refractivity contribution in [2.24, 2.45) is 0 Å². The molecule has 0 radical (unpaired) electrons. The lowest BCUT2D eigenvalue weighted by Gasteiger charge is -2.36. The topological polar surface area (TPSA) is 66.9 Å². The molecule has 35 heavy (non-hydrogen) atoms. The Morgan fingerprint density at radius 3 is 2.37 bits per heavy atom. The Morgan fingerprint density at radius 1 is 0.914 bits per heavy atom. The van der Waals surface area contributed by atoms with Gasteiger partial charge in [-0.3, -0.25) is 4.90 Å². The van der Waals surface area contributed by atoms with Crippen LogP contribution in [0.15, 0.2) is 78.9 Å². The van der Waals surface area contributed by atoms with Crippen molar-refractivity contribution in [3.05, 3.63) is 95.0 Å². The number of halogens is 1. The first-order chi connectivity index (χ1) is 16.8. The lowest BCUT2D eigenvalue weighted by molar-refractivity contribution is 0.0172. The van der Waals surface area contributed by atoms with Crippen LogP contribution >= 0.6 is 11.6 Å². The van der Waals surface area contributed by atoms with Crippen LogP contribution in [0.1, 0.15) is 24.0 Å². The molecule has 0 bridgehead atoms. The van der Waals surface area contributed by atoms with E-state index in [-0.39, 0.29) is 11.8 Å². The fourth-order valence-electron chi connectivity index (χ4n) is 4.94. The van der Waals surface area contributed by atoms with Gasteiger partial charge in [0.2, 0.25) is 10.0 Å². The van der Waals surface area contributed by atoms with E-state index < -0.39 is 15.6 Å². The number of sulfonamides is 1. The van der Waals surface area contributed by atoms with Crippen LogP contribution in [0, 0.1) is 0 Å². The second-order valence-corrected chi connectivity index (χ2v) is 11.6. The predicted octanol–water partition coefficient (Wildman–Crippen LogP) is 5.32. The Bertz CT molecular complexity index is 1320. The Labute approximate surface area is 211 Å². The Balaban J connectivity index is 1.25. The lowest BCUT2D eigenvalue weighted by atomic mass is 9.92. The smallest absolute Gasteiger partial charge is 0.410 e. The van der Waals surface area contributed by atoms with Gasteiger partial charge in [-0.05, 0) is 34.4 Å². The number of carbonyl (C=O) groups excluding carboxylic acids is 1. The van der Waals surface area contributed by atoms with Crippen molar-refractivity contribution in [3.63, 3.8) is 0 Å². The zero-order valence-electron chi connectivity index (χ0n) is 19.3. The summed E-state index contributed by atoms with van der Waals surface area (Å²) in [6.45, 7) is 1.55. The molecule has 2 heterocycles. The third-order valence-corrected chi connectivity index (χ3v) is 8.85. The molecule has 5 rings (SSSR count). The van der Waals surface area contributed by atoms with Crippen molar-refractivity contribution in [1.82, 2.24) is 9.21 Å². The first kappa shape index (κ1) is 23.9. The molecule has 3 aromatic rings. The molecule has 1 amide bonds. The highest BCUT2D eigenvalue weighted by Gasteiger charge is 2.48. The molecule has 182 valence electrons. The largest absolute Gasteiger partial charge is 0.441 e. The van der Waals surface area contributed by atoms with Gasteiger partial charge >= 0.3 is 6.09 Å². The fraction of sp³-hybridized carbons (Fsp3) is 0.296. The van der Waals surface area contributed by atoms with Crippen LogP contribution in [0.2, 0.25) is 5.02 Å². The number of hydrogen-bond donors (Lipinski definition) is 0. The first-order valence-electron chi connectivity index (χ1n) is 11.7. The molecule has 6 nitrogen and oxygen atoms in total. The van der Waals surface area contributed by atoms with E-state index in [9.17, 15) is 13.2 Å². The van der Waals surface area contributed by atoms with Crippen molar-refractivity contribution in [2.75, 3.05) is 19.6 Å². The van der Waals surface area contributed by atoms with Gasteiger partial charge in [0.1, 0.15) is 5.60 Å². The van der Waals surface area contributed by atoms with Crippen LogP contribution in [-0.2, 0) is 27.1 Å². The molecule has 0 unspecified atom stereocenters. The summed E-state index contributed by atoms with van der Waals surface area (Å²) in [5.41, 5.74) is 3.25. The summed E-state index contributed by atoms with van der Waals surface area (Å²) in [5, 5.41) is 0.516. The van der Waals surface area contributed by atoms with Gasteiger partial charge in [0.05, 0.1) is 12.3 Å². The molecule has 0 saturated carbocycles. The molecule has 2 aliphatic heterocycles. The van der Waals surface area contributed by atoms with Gasteiger partial charge in [-0.1, -0.05) is 78.3 Å². The van der Waals surface area contributed by atoms with Gasteiger partial charge in [-0.15, -0.1) is 0 Å². The number of carbonyl (C=O) groups is 1. The maximum Gasteiger partial charge on any atom is 0.410 e. The molecule has 0 aromatic heterocycles. The molecule has 0 atom stereocenters. The van der Waals surface area contributed by atoms with E-state index in [1.165, 1.54) is 4.31 Å². The fourth-order valence-corrected chi connectivity index (χ4v) is 6.67. The zero-order valence-corrected chi connectivity index (χ0v) is 20.8. The normalized spacial score (nSPS) is 18.1. The van der Waals surface area contributed by atoms with Crippen molar-refractivity contribution >= 4 is 27.7 Å². The highest BCUT2D eigenvalue weighted by atomic mass is 35.5. The van der Waals surface area contributed by atoms with Gasteiger partial charge < -0.3 is 4.74 Å². The Morgan fingerprint density at radius 2 is 1.63 bits per heavy atom. The van der Waals surface area contributed by atoms with Gasteiger partial charge in [0.15, 0.2) is 0 Å². The van der Waals surface area contributed by atoms with Crippen molar-refractivity contribution in [2.45, 2.75) is 30.7 Å². The van der Waals surface area contributed by atoms with E-state index >= 15 is 0 Å². The molecule has 2 fully saturated rings. The predicted molar refractivity (Wildman–Crippen MR) is 136 cm³/mol. The molecule has 2 aliphatic rings. The van der Waals surface area contributed by atoms with Crippen LogP contribution in [0.5, 0.6) is 0 Å². The first-order valence-corrected chi connectivity index (χ1v) is 13.7. The van der Waals surface area contributed by atoms with Crippen molar-refractivity contribution < 1.29 is 17.9 Å². The molecule has 2 saturated heterocycles. The summed E-state index contributed by atoms with van der Waals surface area (Å²) in [4.78, 5) is 14.5. The summed E-state index contributed by atoms with van der Waals surface area (Å²) in [6, 6.07) is 25.1. The molecule has 8 heteroatoms. The number of hydrogen-bond acceptors (Lipinski definition) is 4. The van der Waals surface area contributed by atoms with Crippen molar-refractivity contribution in [1.29, 1.82) is 0 Å². The molecule has 0 N–H and O–H groups in total. The maximum atomic E-state index is 13.0. The van der Waals surface area contributed by atoms with Crippen molar-refractivity contribution in [3.8, 4) is 11.1 Å². The molecular formula is C27H27ClN2O4S. The Kier molecular flexibility index (Phi) is 6.57. The molecule has 0 aliphatic carbocycles. The molecular weight excluding hydrogens is 484 g/mol. The van der Waals surface area contributed by atoms with Crippen LogP contribution < -0.4 is 0 Å². The summed E-state index contributed by atoms with van der Waals surface area (Å²) in [6.07, 6.45) is 0.609. The van der Waals surface area contributed by atoms with E-state index in [4.69, 9.17) is 16.3 Å². The highest BCUT2D eigenvalue weighted by Crippen LogP contribution is 2.36. The van der Waals surface area contributed by atoms with E-state index in [0.29, 0.717) is 49.6 Å². The third-order valence-electron chi connectivity index (χ3n) is 6.77. The van der Waals surface area contributed by atoms with E-state index in [1.807, 2.05) is 36.4 Å². The number of amides is 1. The highest BCUT2D eigenvalue weighted by molar-refractivity contribution is 7.88. The summed E-state index contributed by atoms with van der Waals surface area (Å²) < 4.78 is 33.3. The number of piperidine rings is 1. The minimum Gasteiger partial charge on any atom is -0.441 e. The zero-order chi connectivity index (χ0) is 24.5. The van der Waals surface area contributed by atoms with E-state index in [1.54, 1.807) is 29.2 Å².